The zero-order chi connectivity index (χ0) is 28.1. The van der Waals surface area contributed by atoms with Crippen molar-refractivity contribution in [1.82, 2.24) is 4.90 Å². The number of carboxylic acid groups (broad SMARTS) is 1. The third-order valence-electron chi connectivity index (χ3n) is 5.99. The summed E-state index contributed by atoms with van der Waals surface area (Å²) < 4.78 is 6.08. The number of amides is 1. The van der Waals surface area contributed by atoms with Crippen molar-refractivity contribution < 1.29 is 19.4 Å². The molecule has 0 radical (unpaired) electrons. The largest absolute Gasteiger partial charge is 0.488 e. The average molecular weight is 590 g/mol. The Bertz CT molecular complexity index is 1620. The van der Waals surface area contributed by atoms with Crippen LogP contribution in [-0.2, 0) is 17.9 Å². The van der Waals surface area contributed by atoms with Crippen molar-refractivity contribution in [3.05, 3.63) is 134 Å². The molecule has 0 unspecified atom stereocenters. The number of nitrogens with zero attached hydrogens (tertiary/aromatic N) is 2. The molecule has 0 aromatic heterocycles. The number of benzene rings is 4. The predicted molar refractivity (Wildman–Crippen MR) is 160 cm³/mol. The van der Waals surface area contributed by atoms with Crippen molar-refractivity contribution >= 4 is 63.8 Å². The molecule has 6 nitrogen and oxygen atoms in total. The summed E-state index contributed by atoms with van der Waals surface area (Å²) in [6.07, 6.45) is 1.80. The third-order valence-corrected chi connectivity index (χ3v) is 7.74. The van der Waals surface area contributed by atoms with Crippen molar-refractivity contribution in [2.75, 3.05) is 0 Å². The van der Waals surface area contributed by atoms with Gasteiger partial charge in [-0.2, -0.15) is 0 Å². The number of hydrogen-bond acceptors (Lipinski definition) is 5. The van der Waals surface area contributed by atoms with Gasteiger partial charge in [0, 0.05) is 5.56 Å². The van der Waals surface area contributed by atoms with E-state index in [4.69, 9.17) is 32.9 Å². The molecule has 1 aliphatic rings. The molecule has 4 aromatic rings. The minimum absolute atomic E-state index is 0.183. The van der Waals surface area contributed by atoms with Crippen LogP contribution in [0.15, 0.2) is 107 Å². The maximum Gasteiger partial charge on any atom is 0.335 e. The van der Waals surface area contributed by atoms with Crippen molar-refractivity contribution in [2.24, 2.45) is 4.99 Å². The first kappa shape index (κ1) is 27.5. The molecule has 40 heavy (non-hydrogen) atoms. The molecule has 9 heteroatoms. The number of thioether (sulfide) groups is 1. The molecule has 1 N–H and O–H groups in total. The number of aliphatic imine (C=N–C) groups is 1. The molecular formula is C31H22Cl2N2O4S. The molecule has 5 rings (SSSR count). The summed E-state index contributed by atoms with van der Waals surface area (Å²) in [6, 6.07) is 28.7. The maximum atomic E-state index is 13.6. The zero-order valence-corrected chi connectivity index (χ0v) is 23.3. The minimum atomic E-state index is -1.00. The lowest BCUT2D eigenvalue weighted by Crippen LogP contribution is -2.28. The van der Waals surface area contributed by atoms with E-state index in [1.54, 1.807) is 35.2 Å². The van der Waals surface area contributed by atoms with E-state index in [1.165, 1.54) is 23.9 Å². The van der Waals surface area contributed by atoms with Gasteiger partial charge in [-0.25, -0.2) is 9.79 Å². The third kappa shape index (κ3) is 6.57. The van der Waals surface area contributed by atoms with Crippen molar-refractivity contribution in [2.45, 2.75) is 13.2 Å². The van der Waals surface area contributed by atoms with Crippen LogP contribution in [0.3, 0.4) is 0 Å². The Morgan fingerprint density at radius 3 is 2.33 bits per heavy atom. The second kappa shape index (κ2) is 12.4. The van der Waals surface area contributed by atoms with Crippen molar-refractivity contribution in [1.29, 1.82) is 0 Å². The number of amidine groups is 1. The van der Waals surface area contributed by atoms with E-state index in [1.807, 2.05) is 60.7 Å². The van der Waals surface area contributed by atoms with Gasteiger partial charge in [-0.1, -0.05) is 77.8 Å². The molecular weight excluding hydrogens is 567 g/mol. The Kier molecular flexibility index (Phi) is 8.55. The monoisotopic (exact) mass is 588 g/mol. The topological polar surface area (TPSA) is 79.2 Å². The molecule has 1 aliphatic heterocycles. The molecule has 1 saturated heterocycles. The summed E-state index contributed by atoms with van der Waals surface area (Å²) in [5.41, 5.74) is 3.29. The molecule has 0 saturated carbocycles. The molecule has 0 bridgehead atoms. The first-order valence-electron chi connectivity index (χ1n) is 12.2. The Morgan fingerprint density at radius 2 is 1.60 bits per heavy atom. The van der Waals surface area contributed by atoms with E-state index < -0.39 is 5.97 Å². The number of hydrogen-bond donors (Lipinski definition) is 1. The van der Waals surface area contributed by atoms with Gasteiger partial charge in [0.25, 0.3) is 5.91 Å². The van der Waals surface area contributed by atoms with E-state index in [0.717, 1.165) is 22.4 Å². The van der Waals surface area contributed by atoms with E-state index in [9.17, 15) is 14.7 Å². The molecule has 1 heterocycles. The summed E-state index contributed by atoms with van der Waals surface area (Å²) in [7, 11) is 0. The van der Waals surface area contributed by atoms with E-state index >= 15 is 0 Å². The average Bonchev–Trinajstić information content (AvgIpc) is 3.24. The lowest BCUT2D eigenvalue weighted by molar-refractivity contribution is -0.122. The number of carbonyl (C=O) groups excluding carboxylic acids is 1. The maximum absolute atomic E-state index is 13.6. The predicted octanol–water partition coefficient (Wildman–Crippen LogP) is 8.07. The lowest BCUT2D eigenvalue weighted by Gasteiger charge is -2.16. The first-order chi connectivity index (χ1) is 19.4. The summed E-state index contributed by atoms with van der Waals surface area (Å²) in [5.74, 6) is -0.601. The van der Waals surface area contributed by atoms with Crippen LogP contribution in [0.5, 0.6) is 5.75 Å². The smallest absolute Gasteiger partial charge is 0.335 e. The molecule has 4 aromatic carbocycles. The van der Waals surface area contributed by atoms with Crippen LogP contribution in [0.1, 0.15) is 27.0 Å². The lowest BCUT2D eigenvalue weighted by atomic mass is 10.1. The van der Waals surface area contributed by atoms with Crippen LogP contribution in [0, 0.1) is 0 Å². The fraction of sp³-hybridized carbons (Fsp3) is 0.0645. The Hall–Kier alpha value is -4.04. The zero-order valence-electron chi connectivity index (χ0n) is 21.0. The van der Waals surface area contributed by atoms with Crippen LogP contribution in [0.2, 0.25) is 10.0 Å². The van der Waals surface area contributed by atoms with E-state index in [0.29, 0.717) is 25.9 Å². The van der Waals surface area contributed by atoms with Crippen LogP contribution >= 0.6 is 35.0 Å². The number of carboxylic acids is 1. The number of rotatable bonds is 8. The standard InChI is InChI=1S/C31H22Cl2N2O4S/c32-25-15-12-21(16-26(25)33)19-39-27-9-5-4-6-23(27)17-28-29(36)35(18-20-10-13-22(14-11-20)30(37)38)31(40-28)34-24-7-2-1-3-8-24/h1-17H,18-19H2,(H,37,38)/b28-17-,34-31?. The fourth-order valence-corrected chi connectivity index (χ4v) is 5.25. The number of carbonyl (C=O) groups is 2. The van der Waals surface area contributed by atoms with Gasteiger partial charge in [0.2, 0.25) is 0 Å². The SMILES string of the molecule is O=C(O)c1ccc(CN2C(=O)/C(=C/c3ccccc3OCc3ccc(Cl)c(Cl)c3)SC2=Nc2ccccc2)cc1. The highest BCUT2D eigenvalue weighted by Crippen LogP contribution is 2.36. The summed E-state index contributed by atoms with van der Waals surface area (Å²) >= 11 is 13.4. The minimum Gasteiger partial charge on any atom is -0.488 e. The Labute approximate surface area is 245 Å². The second-order valence-corrected chi connectivity index (χ2v) is 10.6. The Morgan fingerprint density at radius 1 is 0.900 bits per heavy atom. The van der Waals surface area contributed by atoms with Crippen molar-refractivity contribution in [3.8, 4) is 5.75 Å². The number of halogens is 2. The summed E-state index contributed by atoms with van der Waals surface area (Å²) in [4.78, 5) is 31.7. The highest BCUT2D eigenvalue weighted by Gasteiger charge is 2.33. The molecule has 0 aliphatic carbocycles. The quantitative estimate of drug-likeness (QED) is 0.210. The van der Waals surface area contributed by atoms with Gasteiger partial charge in [0.15, 0.2) is 5.17 Å². The van der Waals surface area contributed by atoms with Gasteiger partial charge in [-0.3, -0.25) is 9.69 Å². The van der Waals surface area contributed by atoms with Gasteiger partial charge in [-0.15, -0.1) is 0 Å². The Balaban J connectivity index is 1.43. The number of aromatic carboxylic acids is 1. The second-order valence-electron chi connectivity index (χ2n) is 8.81. The number of ether oxygens (including phenoxy) is 1. The fourth-order valence-electron chi connectivity index (χ4n) is 3.94. The highest BCUT2D eigenvalue weighted by molar-refractivity contribution is 8.18. The number of para-hydroxylation sites is 2. The van der Waals surface area contributed by atoms with Crippen molar-refractivity contribution in [3.63, 3.8) is 0 Å². The van der Waals surface area contributed by atoms with Gasteiger partial charge in [0.05, 0.1) is 32.7 Å². The first-order valence-corrected chi connectivity index (χ1v) is 13.8. The molecule has 1 amide bonds. The normalized spacial score (nSPS) is 15.2. The van der Waals surface area contributed by atoms with Crippen LogP contribution < -0.4 is 4.74 Å². The van der Waals surface area contributed by atoms with Gasteiger partial charge in [-0.05, 0) is 71.4 Å². The summed E-state index contributed by atoms with van der Waals surface area (Å²) in [5, 5.41) is 10.7. The van der Waals surface area contributed by atoms with Gasteiger partial charge in [0.1, 0.15) is 12.4 Å². The van der Waals surface area contributed by atoms with Crippen LogP contribution in [0.25, 0.3) is 6.08 Å². The van der Waals surface area contributed by atoms with Gasteiger partial charge < -0.3 is 9.84 Å². The van der Waals surface area contributed by atoms with Crippen LogP contribution in [-0.4, -0.2) is 27.1 Å². The van der Waals surface area contributed by atoms with Gasteiger partial charge >= 0.3 is 5.97 Å². The molecule has 1 fully saturated rings. The highest BCUT2D eigenvalue weighted by atomic mass is 35.5. The van der Waals surface area contributed by atoms with E-state index in [-0.39, 0.29) is 24.6 Å². The molecule has 200 valence electrons. The molecule has 0 spiro atoms. The summed E-state index contributed by atoms with van der Waals surface area (Å²) in [6.45, 7) is 0.515. The molecule has 0 atom stereocenters. The van der Waals surface area contributed by atoms with E-state index in [2.05, 4.69) is 0 Å². The van der Waals surface area contributed by atoms with Crippen LogP contribution in [0.4, 0.5) is 5.69 Å².